The van der Waals surface area contributed by atoms with Gasteiger partial charge in [0.1, 0.15) is 12.7 Å². The topological polar surface area (TPSA) is 81.4 Å². The zero-order valence-corrected chi connectivity index (χ0v) is 12.5. The van der Waals surface area contributed by atoms with Gasteiger partial charge in [-0.1, -0.05) is 11.6 Å². The van der Waals surface area contributed by atoms with Gasteiger partial charge < -0.3 is 5.32 Å². The number of benzene rings is 1. The number of aromatic nitrogens is 6. The monoisotopic (exact) mass is 319 g/mol. The van der Waals surface area contributed by atoms with Gasteiger partial charge >= 0.3 is 0 Å². The van der Waals surface area contributed by atoms with Crippen molar-refractivity contribution in [3.05, 3.63) is 41.9 Å². The first-order chi connectivity index (χ1) is 10.2. The van der Waals surface area contributed by atoms with Gasteiger partial charge in [-0.05, 0) is 36.0 Å². The third-order valence-corrected chi connectivity index (χ3v) is 3.60. The van der Waals surface area contributed by atoms with E-state index < -0.39 is 0 Å². The molecule has 3 rings (SSSR count). The Balaban J connectivity index is 1.94. The summed E-state index contributed by atoms with van der Waals surface area (Å²) >= 11 is 7.29. The molecule has 0 aliphatic heterocycles. The van der Waals surface area contributed by atoms with Crippen LogP contribution in [0, 0.1) is 0 Å². The maximum atomic E-state index is 5.88. The molecule has 9 heteroatoms. The van der Waals surface area contributed by atoms with Gasteiger partial charge in [-0.15, -0.1) is 0 Å². The molecule has 0 spiro atoms. The Bertz CT molecular complexity index is 730. The van der Waals surface area contributed by atoms with E-state index in [0.29, 0.717) is 22.1 Å². The smallest absolute Gasteiger partial charge is 0.257 e. The second-order valence-corrected chi connectivity index (χ2v) is 5.36. The molecule has 7 nitrogen and oxygen atoms in total. The first-order valence-electron chi connectivity index (χ1n) is 5.97. The van der Waals surface area contributed by atoms with Crippen LogP contribution in [0.1, 0.15) is 0 Å². The largest absolute Gasteiger partial charge is 0.357 e. The van der Waals surface area contributed by atoms with Gasteiger partial charge in [-0.25, -0.2) is 4.98 Å². The minimum absolute atomic E-state index is 0.406. The molecular formula is C12H10ClN7S. The summed E-state index contributed by atoms with van der Waals surface area (Å²) in [4.78, 5) is 17.8. The van der Waals surface area contributed by atoms with Gasteiger partial charge in [0.15, 0.2) is 5.16 Å². The summed E-state index contributed by atoms with van der Waals surface area (Å²) in [6.45, 7) is 0. The quantitative estimate of drug-likeness (QED) is 0.790. The third kappa shape index (κ3) is 3.29. The van der Waals surface area contributed by atoms with E-state index in [1.54, 1.807) is 7.05 Å². The standard InChI is InChI=1S/C12H10ClN7S/c1-14-10-17-11(20-7-15-6-16-20)19-12(18-10)21-9-4-2-8(13)3-5-9/h2-7H,1H3,(H,14,17,18,19). The first kappa shape index (κ1) is 13.8. The van der Waals surface area contributed by atoms with E-state index in [-0.39, 0.29) is 0 Å². The van der Waals surface area contributed by atoms with Crippen LogP contribution in [0.5, 0.6) is 0 Å². The van der Waals surface area contributed by atoms with Gasteiger partial charge in [-0.2, -0.15) is 24.7 Å². The number of anilines is 1. The minimum Gasteiger partial charge on any atom is -0.357 e. The molecule has 0 saturated carbocycles. The van der Waals surface area contributed by atoms with Gasteiger partial charge in [0.2, 0.25) is 5.95 Å². The SMILES string of the molecule is CNc1nc(Sc2ccc(Cl)cc2)nc(-n2cncn2)n1. The second kappa shape index (κ2) is 6.06. The van der Waals surface area contributed by atoms with E-state index in [4.69, 9.17) is 11.6 Å². The van der Waals surface area contributed by atoms with Crippen molar-refractivity contribution in [3.8, 4) is 5.95 Å². The molecule has 2 heterocycles. The summed E-state index contributed by atoms with van der Waals surface area (Å²) in [7, 11) is 1.75. The van der Waals surface area contributed by atoms with Crippen molar-refractivity contribution in [3.63, 3.8) is 0 Å². The summed E-state index contributed by atoms with van der Waals surface area (Å²) in [5, 5.41) is 8.17. The lowest BCUT2D eigenvalue weighted by atomic mass is 10.4. The molecule has 0 bridgehead atoms. The number of rotatable bonds is 4. The Morgan fingerprint density at radius 3 is 2.62 bits per heavy atom. The molecule has 106 valence electrons. The van der Waals surface area contributed by atoms with Crippen LogP contribution in [0.3, 0.4) is 0 Å². The summed E-state index contributed by atoms with van der Waals surface area (Å²) in [6, 6.07) is 7.46. The van der Waals surface area contributed by atoms with Gasteiger partial charge in [0, 0.05) is 17.0 Å². The van der Waals surface area contributed by atoms with Crippen LogP contribution >= 0.6 is 23.4 Å². The highest BCUT2D eigenvalue weighted by atomic mass is 35.5. The van der Waals surface area contributed by atoms with Crippen LogP contribution < -0.4 is 5.32 Å². The number of hydrogen-bond donors (Lipinski definition) is 1. The van der Waals surface area contributed by atoms with Crippen LogP contribution in [-0.2, 0) is 0 Å². The molecule has 2 aromatic heterocycles. The summed E-state index contributed by atoms with van der Waals surface area (Å²) in [5.74, 6) is 0.871. The Morgan fingerprint density at radius 1 is 1.14 bits per heavy atom. The number of hydrogen-bond acceptors (Lipinski definition) is 7. The summed E-state index contributed by atoms with van der Waals surface area (Å²) in [6.07, 6.45) is 2.96. The third-order valence-electron chi connectivity index (χ3n) is 2.47. The Labute approximate surface area is 129 Å². The maximum Gasteiger partial charge on any atom is 0.257 e. The fourth-order valence-electron chi connectivity index (χ4n) is 1.53. The first-order valence-corrected chi connectivity index (χ1v) is 7.16. The zero-order valence-electron chi connectivity index (χ0n) is 10.9. The average molecular weight is 320 g/mol. The molecule has 0 aliphatic rings. The maximum absolute atomic E-state index is 5.88. The molecule has 0 aliphatic carbocycles. The van der Waals surface area contributed by atoms with Crippen LogP contribution in [0.2, 0.25) is 5.02 Å². The van der Waals surface area contributed by atoms with Gasteiger partial charge in [-0.3, -0.25) is 0 Å². The molecule has 0 atom stereocenters. The zero-order chi connectivity index (χ0) is 14.7. The minimum atomic E-state index is 0.406. The predicted molar refractivity (Wildman–Crippen MR) is 79.9 cm³/mol. The molecule has 1 N–H and O–H groups in total. The molecule has 0 amide bonds. The summed E-state index contributed by atoms with van der Waals surface area (Å²) in [5.41, 5.74) is 0. The van der Waals surface area contributed by atoms with Gasteiger partial charge in [0.25, 0.3) is 5.95 Å². The lowest BCUT2D eigenvalue weighted by Gasteiger charge is -2.06. The van der Waals surface area contributed by atoms with E-state index in [9.17, 15) is 0 Å². The van der Waals surface area contributed by atoms with Crippen molar-refractivity contribution >= 4 is 29.3 Å². The molecular weight excluding hydrogens is 310 g/mol. The predicted octanol–water partition coefficient (Wildman–Crippen LogP) is 2.30. The molecule has 0 radical (unpaired) electrons. The van der Waals surface area contributed by atoms with E-state index in [2.05, 4.69) is 30.4 Å². The number of halogens is 1. The fourth-order valence-corrected chi connectivity index (χ4v) is 2.39. The molecule has 0 saturated heterocycles. The highest BCUT2D eigenvalue weighted by Gasteiger charge is 2.09. The molecule has 3 aromatic rings. The Morgan fingerprint density at radius 2 is 1.95 bits per heavy atom. The normalized spacial score (nSPS) is 10.6. The van der Waals surface area contributed by atoms with Crippen molar-refractivity contribution < 1.29 is 0 Å². The second-order valence-electron chi connectivity index (χ2n) is 3.89. The Kier molecular flexibility index (Phi) is 3.98. The average Bonchev–Trinajstić information content (AvgIpc) is 3.04. The van der Waals surface area contributed by atoms with Crippen LogP contribution in [0.25, 0.3) is 5.95 Å². The molecule has 0 fully saturated rings. The lowest BCUT2D eigenvalue weighted by molar-refractivity contribution is 0.761. The van der Waals surface area contributed by atoms with Crippen molar-refractivity contribution in [1.82, 2.24) is 29.7 Å². The lowest BCUT2D eigenvalue weighted by Crippen LogP contribution is -2.07. The fraction of sp³-hybridized carbons (Fsp3) is 0.0833. The number of nitrogens with zero attached hydrogens (tertiary/aromatic N) is 6. The van der Waals surface area contributed by atoms with Crippen molar-refractivity contribution in [2.24, 2.45) is 0 Å². The van der Waals surface area contributed by atoms with Crippen LogP contribution in [0.4, 0.5) is 5.95 Å². The van der Waals surface area contributed by atoms with E-state index in [1.165, 1.54) is 29.1 Å². The molecule has 1 aromatic carbocycles. The van der Waals surface area contributed by atoms with E-state index in [0.717, 1.165) is 4.90 Å². The van der Waals surface area contributed by atoms with Crippen LogP contribution in [-0.4, -0.2) is 36.8 Å². The van der Waals surface area contributed by atoms with E-state index >= 15 is 0 Å². The molecule has 21 heavy (non-hydrogen) atoms. The highest BCUT2D eigenvalue weighted by molar-refractivity contribution is 7.99. The Hall–Kier alpha value is -2.19. The van der Waals surface area contributed by atoms with Crippen LogP contribution in [0.15, 0.2) is 47.0 Å². The van der Waals surface area contributed by atoms with Crippen molar-refractivity contribution in [2.45, 2.75) is 10.1 Å². The number of nitrogens with one attached hydrogen (secondary N) is 1. The van der Waals surface area contributed by atoms with E-state index in [1.807, 2.05) is 24.3 Å². The van der Waals surface area contributed by atoms with Gasteiger partial charge in [0.05, 0.1) is 0 Å². The van der Waals surface area contributed by atoms with Crippen molar-refractivity contribution in [2.75, 3.05) is 12.4 Å². The highest BCUT2D eigenvalue weighted by Crippen LogP contribution is 2.26. The summed E-state index contributed by atoms with van der Waals surface area (Å²) < 4.78 is 1.48. The molecule has 0 unspecified atom stereocenters. The van der Waals surface area contributed by atoms with Crippen molar-refractivity contribution in [1.29, 1.82) is 0 Å².